The number of hydrogen-bond acceptors (Lipinski definition) is 8. The molecule has 1 fully saturated rings. The molecule has 3 aromatic heterocycles. The van der Waals surface area contributed by atoms with Gasteiger partial charge in [-0.15, -0.1) is 0 Å². The maximum Gasteiger partial charge on any atom is 0.293 e. The van der Waals surface area contributed by atoms with Crippen molar-refractivity contribution in [2.45, 2.75) is 18.8 Å². The summed E-state index contributed by atoms with van der Waals surface area (Å²) >= 11 is 0. The summed E-state index contributed by atoms with van der Waals surface area (Å²) in [5.74, 6) is 1.52. The number of carbonyl (C=O) groups excluding carboxylic acids is 1. The smallest absolute Gasteiger partial charge is 0.293 e. The second-order valence-corrected chi connectivity index (χ2v) is 6.45. The largest absolute Gasteiger partial charge is 0.490 e. The van der Waals surface area contributed by atoms with Crippen LogP contribution in [0.25, 0.3) is 11.4 Å². The first-order valence-electron chi connectivity index (χ1n) is 8.94. The van der Waals surface area contributed by atoms with Gasteiger partial charge in [-0.25, -0.2) is 0 Å². The number of nitrogens with zero attached hydrogens (tertiary/aromatic N) is 4. The molecule has 28 heavy (non-hydrogen) atoms. The molecular weight excluding hydrogens is 364 g/mol. The van der Waals surface area contributed by atoms with E-state index < -0.39 is 0 Å². The van der Waals surface area contributed by atoms with Gasteiger partial charge in [0.2, 0.25) is 23.2 Å². The normalized spacial score (nSPS) is 16.8. The van der Waals surface area contributed by atoms with Gasteiger partial charge < -0.3 is 23.3 Å². The van der Waals surface area contributed by atoms with Crippen LogP contribution in [0.1, 0.15) is 35.2 Å². The van der Waals surface area contributed by atoms with Gasteiger partial charge >= 0.3 is 0 Å². The molecule has 4 heterocycles. The average molecular weight is 384 g/mol. The molecule has 0 radical (unpaired) electrons. The van der Waals surface area contributed by atoms with Crippen LogP contribution in [0.5, 0.6) is 11.5 Å². The van der Waals surface area contributed by atoms with Crippen molar-refractivity contribution < 1.29 is 23.2 Å². The first-order chi connectivity index (χ1) is 13.7. The summed E-state index contributed by atoms with van der Waals surface area (Å²) < 4.78 is 21.3. The van der Waals surface area contributed by atoms with Crippen LogP contribution in [-0.2, 0) is 0 Å². The fourth-order valence-electron chi connectivity index (χ4n) is 3.33. The molecule has 9 nitrogen and oxygen atoms in total. The van der Waals surface area contributed by atoms with Gasteiger partial charge in [-0.2, -0.15) is 4.98 Å². The second-order valence-electron chi connectivity index (χ2n) is 6.45. The van der Waals surface area contributed by atoms with E-state index in [1.165, 1.54) is 20.5 Å². The van der Waals surface area contributed by atoms with E-state index in [4.69, 9.17) is 18.4 Å². The maximum atomic E-state index is 12.9. The molecular formula is C19H20N4O5. The number of likely N-dealkylation sites (tertiary alicyclic amines) is 1. The standard InChI is InChI=1S/C19H20N4O5/c1-25-14-11-27-16(15(14)26-2)19(24)23-8-4-6-13(10-23)18-21-17(22-28-18)12-5-3-7-20-9-12/h3,5,7,9,11,13H,4,6,8,10H2,1-2H3. The lowest BCUT2D eigenvalue weighted by Crippen LogP contribution is -2.39. The number of piperidine rings is 1. The third-order valence-corrected chi connectivity index (χ3v) is 4.75. The van der Waals surface area contributed by atoms with E-state index >= 15 is 0 Å². The molecule has 0 N–H and O–H groups in total. The summed E-state index contributed by atoms with van der Waals surface area (Å²) in [6.45, 7) is 1.07. The zero-order valence-corrected chi connectivity index (χ0v) is 15.6. The van der Waals surface area contributed by atoms with Gasteiger partial charge in [0, 0.05) is 31.0 Å². The number of carbonyl (C=O) groups is 1. The van der Waals surface area contributed by atoms with Crippen LogP contribution in [0.2, 0.25) is 0 Å². The molecule has 0 aromatic carbocycles. The van der Waals surface area contributed by atoms with Crippen LogP contribution in [0.3, 0.4) is 0 Å². The molecule has 9 heteroatoms. The van der Waals surface area contributed by atoms with Gasteiger partial charge in [0.05, 0.1) is 20.1 Å². The number of hydrogen-bond donors (Lipinski definition) is 0. The predicted molar refractivity (Wildman–Crippen MR) is 97.2 cm³/mol. The van der Waals surface area contributed by atoms with Gasteiger partial charge in [0.25, 0.3) is 5.91 Å². The zero-order valence-electron chi connectivity index (χ0n) is 15.6. The Kier molecular flexibility index (Phi) is 4.96. The molecule has 3 aromatic rings. The Labute approximate surface area is 161 Å². The van der Waals surface area contributed by atoms with Crippen LogP contribution < -0.4 is 9.47 Å². The number of furan rings is 1. The summed E-state index contributed by atoms with van der Waals surface area (Å²) in [6.07, 6.45) is 6.42. The number of amides is 1. The highest BCUT2D eigenvalue weighted by Crippen LogP contribution is 2.35. The molecule has 1 aliphatic heterocycles. The lowest BCUT2D eigenvalue weighted by Gasteiger charge is -2.30. The number of pyridine rings is 1. The summed E-state index contributed by atoms with van der Waals surface area (Å²) in [6, 6.07) is 3.69. The van der Waals surface area contributed by atoms with E-state index in [9.17, 15) is 4.79 Å². The Morgan fingerprint density at radius 2 is 2.21 bits per heavy atom. The number of ether oxygens (including phenoxy) is 2. The van der Waals surface area contributed by atoms with Crippen molar-refractivity contribution in [3.8, 4) is 22.9 Å². The molecule has 0 bridgehead atoms. The number of aromatic nitrogens is 3. The van der Waals surface area contributed by atoms with Crippen molar-refractivity contribution in [3.63, 3.8) is 0 Å². The van der Waals surface area contributed by atoms with E-state index in [1.54, 1.807) is 17.3 Å². The van der Waals surface area contributed by atoms with Crippen molar-refractivity contribution >= 4 is 5.91 Å². The molecule has 0 saturated carbocycles. The molecule has 0 aliphatic carbocycles. The molecule has 1 unspecified atom stereocenters. The summed E-state index contributed by atoms with van der Waals surface area (Å²) in [5, 5.41) is 4.05. The molecule has 1 saturated heterocycles. The minimum atomic E-state index is -0.253. The summed E-state index contributed by atoms with van der Waals surface area (Å²) in [7, 11) is 2.97. The van der Waals surface area contributed by atoms with Crippen molar-refractivity contribution in [2.75, 3.05) is 27.3 Å². The topological polar surface area (TPSA) is 104 Å². The van der Waals surface area contributed by atoms with E-state index in [-0.39, 0.29) is 17.6 Å². The zero-order chi connectivity index (χ0) is 19.5. The lowest BCUT2D eigenvalue weighted by molar-refractivity contribution is 0.0659. The minimum Gasteiger partial charge on any atom is -0.490 e. The molecule has 0 spiro atoms. The number of methoxy groups -OCH3 is 2. The van der Waals surface area contributed by atoms with Gasteiger partial charge in [-0.05, 0) is 25.0 Å². The average Bonchev–Trinajstić information content (AvgIpc) is 3.41. The van der Waals surface area contributed by atoms with Gasteiger partial charge in [0.15, 0.2) is 5.75 Å². The highest BCUT2D eigenvalue weighted by atomic mass is 16.5. The highest BCUT2D eigenvalue weighted by molar-refractivity contribution is 5.95. The van der Waals surface area contributed by atoms with Gasteiger partial charge in [-0.3, -0.25) is 9.78 Å². The van der Waals surface area contributed by atoms with Crippen molar-refractivity contribution in [1.29, 1.82) is 0 Å². The first kappa shape index (κ1) is 18.0. The quantitative estimate of drug-likeness (QED) is 0.661. The monoisotopic (exact) mass is 384 g/mol. The van der Waals surface area contributed by atoms with Crippen LogP contribution in [0.4, 0.5) is 0 Å². The van der Waals surface area contributed by atoms with Crippen molar-refractivity contribution in [3.05, 3.63) is 42.4 Å². The van der Waals surface area contributed by atoms with Crippen LogP contribution >= 0.6 is 0 Å². The fourth-order valence-corrected chi connectivity index (χ4v) is 3.33. The lowest BCUT2D eigenvalue weighted by atomic mass is 9.97. The first-order valence-corrected chi connectivity index (χ1v) is 8.94. The molecule has 4 rings (SSSR count). The van der Waals surface area contributed by atoms with Crippen molar-refractivity contribution in [1.82, 2.24) is 20.0 Å². The van der Waals surface area contributed by atoms with E-state index in [0.717, 1.165) is 18.4 Å². The minimum absolute atomic E-state index is 0.0431. The third-order valence-electron chi connectivity index (χ3n) is 4.75. The Morgan fingerprint density at radius 3 is 2.96 bits per heavy atom. The Hall–Kier alpha value is -3.36. The molecule has 146 valence electrons. The van der Waals surface area contributed by atoms with E-state index in [1.807, 2.05) is 12.1 Å². The third kappa shape index (κ3) is 3.30. The summed E-state index contributed by atoms with van der Waals surface area (Å²) in [5.41, 5.74) is 0.786. The second kappa shape index (κ2) is 7.71. The van der Waals surface area contributed by atoms with Crippen LogP contribution in [-0.4, -0.2) is 53.2 Å². The van der Waals surface area contributed by atoms with E-state index in [0.29, 0.717) is 36.3 Å². The molecule has 1 atom stereocenters. The fraction of sp³-hybridized carbons (Fsp3) is 0.368. The Morgan fingerprint density at radius 1 is 1.32 bits per heavy atom. The van der Waals surface area contributed by atoms with Crippen LogP contribution in [0, 0.1) is 0 Å². The molecule has 1 amide bonds. The number of rotatable bonds is 5. The summed E-state index contributed by atoms with van der Waals surface area (Å²) in [4.78, 5) is 23.2. The Bertz CT molecular complexity index is 952. The predicted octanol–water partition coefficient (Wildman–Crippen LogP) is 2.76. The molecule has 1 aliphatic rings. The SMILES string of the molecule is COc1coc(C(=O)N2CCCC(c3nc(-c4cccnc4)no3)C2)c1OC. The van der Waals surface area contributed by atoms with Gasteiger partial charge in [-0.1, -0.05) is 5.16 Å². The van der Waals surface area contributed by atoms with Crippen molar-refractivity contribution in [2.24, 2.45) is 0 Å². The van der Waals surface area contributed by atoms with Crippen LogP contribution in [0.15, 0.2) is 39.7 Å². The Balaban J connectivity index is 1.51. The van der Waals surface area contributed by atoms with E-state index in [2.05, 4.69) is 15.1 Å². The van der Waals surface area contributed by atoms with Gasteiger partial charge in [0.1, 0.15) is 6.26 Å². The highest BCUT2D eigenvalue weighted by Gasteiger charge is 2.33. The maximum absolute atomic E-state index is 12.9.